The summed E-state index contributed by atoms with van der Waals surface area (Å²) in [6, 6.07) is 0. The van der Waals surface area contributed by atoms with Gasteiger partial charge in [0, 0.05) is 29.8 Å². The molecule has 1 aliphatic heterocycles. The van der Waals surface area contributed by atoms with E-state index in [0.717, 1.165) is 23.4 Å². The number of Topliss-reactive ketones (excluding diaryl/α,β-unsaturated/α-hetero) is 1. The highest BCUT2D eigenvalue weighted by Gasteiger charge is 2.37. The summed E-state index contributed by atoms with van der Waals surface area (Å²) < 4.78 is 5.43. The molecule has 0 amide bonds. The van der Waals surface area contributed by atoms with Gasteiger partial charge in [0.05, 0.1) is 5.57 Å². The molecule has 1 heterocycles. The highest BCUT2D eigenvalue weighted by Crippen LogP contribution is 2.40. The van der Waals surface area contributed by atoms with Crippen LogP contribution in [0.25, 0.3) is 0 Å². The molecule has 4 heteroatoms. The van der Waals surface area contributed by atoms with Gasteiger partial charge in [0.2, 0.25) is 0 Å². The fourth-order valence-electron chi connectivity index (χ4n) is 2.86. The molecule has 0 unspecified atom stereocenters. The summed E-state index contributed by atoms with van der Waals surface area (Å²) in [5, 5.41) is 3.26. The molecule has 0 radical (unpaired) electrons. The second kappa shape index (κ2) is 5.00. The third-order valence-electron chi connectivity index (χ3n) is 3.79. The Labute approximate surface area is 126 Å². The largest absolute Gasteiger partial charge is 0.457 e. The van der Waals surface area contributed by atoms with Gasteiger partial charge in [0.1, 0.15) is 5.60 Å². The normalized spacial score (nSPS) is 21.9. The number of rotatable bonds is 1. The van der Waals surface area contributed by atoms with Crippen molar-refractivity contribution in [3.8, 4) is 0 Å². The van der Waals surface area contributed by atoms with Gasteiger partial charge in [-0.25, -0.2) is 4.79 Å². The number of allylic oxidation sites excluding steroid dienone is 3. The second-order valence-electron chi connectivity index (χ2n) is 7.81. The Morgan fingerprint density at radius 3 is 2.43 bits per heavy atom. The van der Waals surface area contributed by atoms with Gasteiger partial charge in [-0.1, -0.05) is 13.8 Å². The molecular weight excluding hydrogens is 266 g/mol. The van der Waals surface area contributed by atoms with Crippen LogP contribution in [0.3, 0.4) is 0 Å². The topological polar surface area (TPSA) is 55.4 Å². The first kappa shape index (κ1) is 15.8. The summed E-state index contributed by atoms with van der Waals surface area (Å²) in [6.45, 7) is 11.6. The summed E-state index contributed by atoms with van der Waals surface area (Å²) in [6.07, 6.45) is 1.76. The van der Waals surface area contributed by atoms with Gasteiger partial charge in [-0.2, -0.15) is 0 Å². The average Bonchev–Trinajstić information content (AvgIpc) is 2.23. The van der Waals surface area contributed by atoms with E-state index in [1.165, 1.54) is 0 Å². The van der Waals surface area contributed by atoms with Crippen LogP contribution in [-0.4, -0.2) is 17.4 Å². The molecule has 21 heavy (non-hydrogen) atoms. The first-order valence-electron chi connectivity index (χ1n) is 7.44. The van der Waals surface area contributed by atoms with Crippen LogP contribution in [0, 0.1) is 5.41 Å². The average molecular weight is 291 g/mol. The molecular formula is C17H25NO3. The maximum Gasteiger partial charge on any atom is 0.336 e. The Balaban J connectivity index is 2.23. The predicted octanol–water partition coefficient (Wildman–Crippen LogP) is 3.24. The zero-order chi connectivity index (χ0) is 16.0. The quantitative estimate of drug-likeness (QED) is 0.754. The number of dihydropyridines is 1. The summed E-state index contributed by atoms with van der Waals surface area (Å²) in [4.78, 5) is 24.6. The number of ether oxygens (including phenoxy) is 1. The molecule has 0 saturated heterocycles. The fourth-order valence-corrected chi connectivity index (χ4v) is 2.86. The predicted molar refractivity (Wildman–Crippen MR) is 81.3 cm³/mol. The summed E-state index contributed by atoms with van der Waals surface area (Å²) in [7, 11) is 0. The van der Waals surface area contributed by atoms with Crippen molar-refractivity contribution >= 4 is 11.8 Å². The third-order valence-corrected chi connectivity index (χ3v) is 3.79. The maximum absolute atomic E-state index is 12.3. The third kappa shape index (κ3) is 3.55. The number of carbonyl (C=O) groups excluding carboxylic acids is 2. The lowest BCUT2D eigenvalue weighted by atomic mass is 9.73. The van der Waals surface area contributed by atoms with Gasteiger partial charge in [-0.05, 0) is 39.5 Å². The molecule has 2 rings (SSSR count). The van der Waals surface area contributed by atoms with Gasteiger partial charge in [0.25, 0.3) is 0 Å². The van der Waals surface area contributed by atoms with Crippen LogP contribution in [0.2, 0.25) is 0 Å². The number of esters is 1. The van der Waals surface area contributed by atoms with Gasteiger partial charge in [0.15, 0.2) is 5.78 Å². The molecule has 0 saturated carbocycles. The van der Waals surface area contributed by atoms with Crippen molar-refractivity contribution in [1.29, 1.82) is 0 Å². The number of nitrogens with one attached hydrogen (secondary N) is 1. The molecule has 0 fully saturated rings. The number of ketones is 1. The minimum absolute atomic E-state index is 0.0212. The molecule has 2 aliphatic rings. The van der Waals surface area contributed by atoms with Crippen molar-refractivity contribution in [2.24, 2.45) is 5.41 Å². The molecule has 116 valence electrons. The molecule has 0 aromatic rings. The zero-order valence-electron chi connectivity index (χ0n) is 13.8. The van der Waals surface area contributed by atoms with E-state index < -0.39 is 5.60 Å². The van der Waals surface area contributed by atoms with E-state index in [4.69, 9.17) is 4.74 Å². The first-order chi connectivity index (χ1) is 9.48. The smallest absolute Gasteiger partial charge is 0.336 e. The van der Waals surface area contributed by atoms with E-state index in [-0.39, 0.29) is 17.2 Å². The Hall–Kier alpha value is -1.58. The first-order valence-corrected chi connectivity index (χ1v) is 7.44. The number of hydrogen-bond acceptors (Lipinski definition) is 4. The van der Waals surface area contributed by atoms with E-state index in [1.807, 2.05) is 27.7 Å². The monoisotopic (exact) mass is 291 g/mol. The molecule has 0 aromatic heterocycles. The van der Waals surface area contributed by atoms with Crippen molar-refractivity contribution in [2.75, 3.05) is 0 Å². The van der Waals surface area contributed by atoms with E-state index in [0.29, 0.717) is 18.4 Å². The second-order valence-corrected chi connectivity index (χ2v) is 7.81. The molecule has 0 aromatic carbocycles. The van der Waals surface area contributed by atoms with Gasteiger partial charge in [-0.3, -0.25) is 4.79 Å². The minimum atomic E-state index is -0.530. The van der Waals surface area contributed by atoms with Crippen molar-refractivity contribution in [2.45, 2.75) is 66.4 Å². The Morgan fingerprint density at radius 2 is 1.86 bits per heavy atom. The highest BCUT2D eigenvalue weighted by atomic mass is 16.6. The van der Waals surface area contributed by atoms with Crippen LogP contribution in [-0.2, 0) is 14.3 Å². The Kier molecular flexibility index (Phi) is 3.77. The van der Waals surface area contributed by atoms with Crippen molar-refractivity contribution in [1.82, 2.24) is 5.32 Å². The lowest BCUT2D eigenvalue weighted by Crippen LogP contribution is -2.36. The Morgan fingerprint density at radius 1 is 1.24 bits per heavy atom. The number of hydrogen-bond donors (Lipinski definition) is 1. The molecule has 0 atom stereocenters. The van der Waals surface area contributed by atoms with Crippen LogP contribution < -0.4 is 5.32 Å². The van der Waals surface area contributed by atoms with E-state index in [2.05, 4.69) is 19.2 Å². The number of carbonyl (C=O) groups is 2. The fraction of sp³-hybridized carbons (Fsp3) is 0.647. The maximum atomic E-state index is 12.3. The molecule has 0 spiro atoms. The lowest BCUT2D eigenvalue weighted by molar-refractivity contribution is -0.150. The van der Waals surface area contributed by atoms with E-state index >= 15 is 0 Å². The zero-order valence-corrected chi connectivity index (χ0v) is 13.8. The lowest BCUT2D eigenvalue weighted by Gasteiger charge is -2.36. The van der Waals surface area contributed by atoms with Crippen LogP contribution in [0.5, 0.6) is 0 Å². The molecule has 0 bridgehead atoms. The van der Waals surface area contributed by atoms with Crippen molar-refractivity contribution in [3.63, 3.8) is 0 Å². The van der Waals surface area contributed by atoms with Gasteiger partial charge in [-0.15, -0.1) is 0 Å². The van der Waals surface area contributed by atoms with Crippen molar-refractivity contribution in [3.05, 3.63) is 22.5 Å². The van der Waals surface area contributed by atoms with Crippen molar-refractivity contribution < 1.29 is 14.3 Å². The van der Waals surface area contributed by atoms with E-state index in [9.17, 15) is 9.59 Å². The van der Waals surface area contributed by atoms with Gasteiger partial charge < -0.3 is 10.1 Å². The van der Waals surface area contributed by atoms with Crippen LogP contribution in [0.15, 0.2) is 22.5 Å². The standard InChI is InChI=1S/C17H25NO3/c1-10-11(15(20)21-16(2,3)4)7-12-13(18-10)8-17(5,6)9-14(12)19/h18H,7-9H2,1-6H3. The summed E-state index contributed by atoms with van der Waals surface area (Å²) in [5.74, 6) is -0.195. The van der Waals surface area contributed by atoms with Crippen LogP contribution in [0.4, 0.5) is 0 Å². The van der Waals surface area contributed by atoms with Gasteiger partial charge >= 0.3 is 5.97 Å². The molecule has 1 aliphatic carbocycles. The SMILES string of the molecule is CC1=C(C(=O)OC(C)(C)C)CC2=C(CC(C)(C)CC2=O)N1. The minimum Gasteiger partial charge on any atom is -0.457 e. The highest BCUT2D eigenvalue weighted by molar-refractivity contribution is 6.01. The van der Waals surface area contributed by atoms with E-state index in [1.54, 1.807) is 0 Å². The Bertz CT molecular complexity index is 559. The summed E-state index contributed by atoms with van der Waals surface area (Å²) >= 11 is 0. The molecule has 4 nitrogen and oxygen atoms in total. The van der Waals surface area contributed by atoms with Crippen LogP contribution in [0.1, 0.15) is 60.8 Å². The molecule has 1 N–H and O–H groups in total. The summed E-state index contributed by atoms with van der Waals surface area (Å²) in [5.41, 5.74) is 2.54. The van der Waals surface area contributed by atoms with Crippen LogP contribution >= 0.6 is 0 Å².